The number of carboxylic acid groups (broad SMARTS) is 1. The van der Waals surface area contributed by atoms with Crippen molar-refractivity contribution in [3.05, 3.63) is 53.6 Å². The molecule has 0 heterocycles. The maximum Gasteiger partial charge on any atom is 0.339 e. The Morgan fingerprint density at radius 2 is 1.55 bits per heavy atom. The smallest absolute Gasteiger partial charge is 0.339 e. The van der Waals surface area contributed by atoms with Crippen molar-refractivity contribution in [2.75, 3.05) is 5.32 Å². The number of phenolic OH excluding ortho intramolecular Hbond substituents is 1. The van der Waals surface area contributed by atoms with E-state index in [1.807, 2.05) is 0 Å². The van der Waals surface area contributed by atoms with Gasteiger partial charge in [-0.25, -0.2) is 4.79 Å². The first-order valence-electron chi connectivity index (χ1n) is 5.64. The molecule has 6 heteroatoms. The van der Waals surface area contributed by atoms with Crippen LogP contribution in [0.1, 0.15) is 20.7 Å². The summed E-state index contributed by atoms with van der Waals surface area (Å²) in [5.41, 5.74) is -0.0500. The summed E-state index contributed by atoms with van der Waals surface area (Å²) in [4.78, 5) is 22.8. The number of phenols is 2. The van der Waals surface area contributed by atoms with Crippen LogP contribution in [0.5, 0.6) is 11.5 Å². The lowest BCUT2D eigenvalue weighted by Crippen LogP contribution is -2.12. The predicted molar refractivity (Wildman–Crippen MR) is 71.1 cm³/mol. The predicted octanol–water partition coefficient (Wildman–Crippen LogP) is 2.05. The van der Waals surface area contributed by atoms with Gasteiger partial charge in [0, 0.05) is 5.69 Å². The molecule has 0 spiro atoms. The fraction of sp³-hybridized carbons (Fsp3) is 0. The molecule has 0 aromatic heterocycles. The number of nitrogens with one attached hydrogen (secondary N) is 1. The second kappa shape index (κ2) is 5.31. The highest BCUT2D eigenvalue weighted by Crippen LogP contribution is 2.23. The van der Waals surface area contributed by atoms with Gasteiger partial charge < -0.3 is 20.6 Å². The lowest BCUT2D eigenvalue weighted by Gasteiger charge is -2.08. The van der Waals surface area contributed by atoms with Crippen molar-refractivity contribution >= 4 is 17.6 Å². The molecule has 0 bridgehead atoms. The van der Waals surface area contributed by atoms with Crippen molar-refractivity contribution in [2.24, 2.45) is 0 Å². The van der Waals surface area contributed by atoms with Gasteiger partial charge in [-0.3, -0.25) is 4.79 Å². The van der Waals surface area contributed by atoms with Crippen LogP contribution < -0.4 is 5.32 Å². The number of carboxylic acids is 1. The van der Waals surface area contributed by atoms with Crippen LogP contribution in [-0.2, 0) is 0 Å². The minimum absolute atomic E-state index is 0.0671. The fourth-order valence-corrected chi connectivity index (χ4v) is 1.65. The zero-order chi connectivity index (χ0) is 14.7. The second-order valence-electron chi connectivity index (χ2n) is 4.01. The van der Waals surface area contributed by atoms with Gasteiger partial charge in [-0.1, -0.05) is 12.1 Å². The number of carbonyl (C=O) groups is 2. The van der Waals surface area contributed by atoms with Crippen molar-refractivity contribution in [2.45, 2.75) is 0 Å². The number of aromatic carboxylic acids is 1. The van der Waals surface area contributed by atoms with Crippen LogP contribution in [0.15, 0.2) is 42.5 Å². The third-order valence-electron chi connectivity index (χ3n) is 2.63. The Kier molecular flexibility index (Phi) is 3.56. The molecular weight excluding hydrogens is 262 g/mol. The third kappa shape index (κ3) is 2.69. The molecule has 0 atom stereocenters. The van der Waals surface area contributed by atoms with Crippen LogP contribution in [0.3, 0.4) is 0 Å². The molecule has 0 saturated heterocycles. The Hall–Kier alpha value is -3.02. The molecule has 0 saturated carbocycles. The molecule has 20 heavy (non-hydrogen) atoms. The SMILES string of the molecule is O=C(O)c1cc(NC(=O)c2ccccc2O)ccc1O. The van der Waals surface area contributed by atoms with E-state index in [1.54, 1.807) is 12.1 Å². The summed E-state index contributed by atoms with van der Waals surface area (Å²) >= 11 is 0. The van der Waals surface area contributed by atoms with Gasteiger partial charge >= 0.3 is 5.97 Å². The van der Waals surface area contributed by atoms with Crippen molar-refractivity contribution < 1.29 is 24.9 Å². The number of anilines is 1. The summed E-state index contributed by atoms with van der Waals surface area (Å²) in [5, 5.41) is 30.2. The second-order valence-corrected chi connectivity index (χ2v) is 4.01. The molecule has 0 radical (unpaired) electrons. The largest absolute Gasteiger partial charge is 0.507 e. The normalized spacial score (nSPS) is 10.0. The topological polar surface area (TPSA) is 107 Å². The first-order valence-corrected chi connectivity index (χ1v) is 5.64. The zero-order valence-corrected chi connectivity index (χ0v) is 10.2. The van der Waals surface area contributed by atoms with Gasteiger partial charge in [0.05, 0.1) is 5.56 Å². The van der Waals surface area contributed by atoms with E-state index < -0.39 is 17.6 Å². The summed E-state index contributed by atoms with van der Waals surface area (Å²) in [6, 6.07) is 9.64. The summed E-state index contributed by atoms with van der Waals surface area (Å²) in [6.45, 7) is 0. The Balaban J connectivity index is 2.27. The van der Waals surface area contributed by atoms with E-state index in [1.165, 1.54) is 24.3 Å². The maximum absolute atomic E-state index is 11.9. The summed E-state index contributed by atoms with van der Waals surface area (Å²) in [7, 11) is 0. The van der Waals surface area contributed by atoms with Crippen LogP contribution in [0, 0.1) is 0 Å². The number of benzene rings is 2. The molecular formula is C14H11NO5. The van der Waals surface area contributed by atoms with Crippen molar-refractivity contribution in [3.63, 3.8) is 0 Å². The standard InChI is InChI=1S/C14H11NO5/c16-11-4-2-1-3-9(11)13(18)15-8-5-6-12(17)10(7-8)14(19)20/h1-7,16-17H,(H,15,18)(H,19,20). The number of hydrogen-bond donors (Lipinski definition) is 4. The van der Waals surface area contributed by atoms with Crippen molar-refractivity contribution in [3.8, 4) is 11.5 Å². The minimum Gasteiger partial charge on any atom is -0.507 e. The van der Waals surface area contributed by atoms with Gasteiger partial charge in [-0.15, -0.1) is 0 Å². The van der Waals surface area contributed by atoms with Crippen LogP contribution in [0.2, 0.25) is 0 Å². The summed E-state index contributed by atoms with van der Waals surface area (Å²) < 4.78 is 0. The van der Waals surface area contributed by atoms with E-state index >= 15 is 0 Å². The molecule has 2 aromatic rings. The van der Waals surface area contributed by atoms with E-state index in [0.29, 0.717) is 0 Å². The van der Waals surface area contributed by atoms with E-state index in [2.05, 4.69) is 5.32 Å². The van der Waals surface area contributed by atoms with Crippen molar-refractivity contribution in [1.82, 2.24) is 0 Å². The monoisotopic (exact) mass is 273 g/mol. The van der Waals surface area contributed by atoms with Gasteiger partial charge in [-0.2, -0.15) is 0 Å². The first kappa shape index (κ1) is 13.4. The highest BCUT2D eigenvalue weighted by molar-refractivity contribution is 6.06. The highest BCUT2D eigenvalue weighted by atomic mass is 16.4. The lowest BCUT2D eigenvalue weighted by molar-refractivity contribution is 0.0693. The Morgan fingerprint density at radius 3 is 2.20 bits per heavy atom. The maximum atomic E-state index is 11.9. The molecule has 1 amide bonds. The molecule has 0 fully saturated rings. The van der Waals surface area contributed by atoms with Gasteiger partial charge in [-0.05, 0) is 30.3 Å². The Bertz CT molecular complexity index is 681. The van der Waals surface area contributed by atoms with Crippen molar-refractivity contribution in [1.29, 1.82) is 0 Å². The van der Waals surface area contributed by atoms with Gasteiger partial charge in [0.25, 0.3) is 5.91 Å². The molecule has 2 aromatic carbocycles. The molecule has 0 aliphatic heterocycles. The number of hydrogen-bond acceptors (Lipinski definition) is 4. The zero-order valence-electron chi connectivity index (χ0n) is 10.2. The van der Waals surface area contributed by atoms with Crippen LogP contribution in [-0.4, -0.2) is 27.2 Å². The Morgan fingerprint density at radius 1 is 0.900 bits per heavy atom. The van der Waals surface area contributed by atoms with Gasteiger partial charge in [0.1, 0.15) is 17.1 Å². The third-order valence-corrected chi connectivity index (χ3v) is 2.63. The van der Waals surface area contributed by atoms with E-state index in [-0.39, 0.29) is 22.6 Å². The number of aromatic hydroxyl groups is 2. The first-order chi connectivity index (χ1) is 9.49. The van der Waals surface area contributed by atoms with Gasteiger partial charge in [0.15, 0.2) is 0 Å². The summed E-state index contributed by atoms with van der Waals surface area (Å²) in [6.07, 6.45) is 0. The fourth-order valence-electron chi connectivity index (χ4n) is 1.65. The van der Waals surface area contributed by atoms with Gasteiger partial charge in [0.2, 0.25) is 0 Å². The molecule has 0 aliphatic rings. The highest BCUT2D eigenvalue weighted by Gasteiger charge is 2.14. The molecule has 4 N–H and O–H groups in total. The number of carbonyl (C=O) groups excluding carboxylic acids is 1. The average molecular weight is 273 g/mol. The number of amides is 1. The molecule has 102 valence electrons. The Labute approximate surface area is 113 Å². The quantitative estimate of drug-likeness (QED) is 0.640. The molecule has 0 aliphatic carbocycles. The number of rotatable bonds is 3. The minimum atomic E-state index is -1.30. The lowest BCUT2D eigenvalue weighted by atomic mass is 10.1. The van der Waals surface area contributed by atoms with Crippen LogP contribution >= 0.6 is 0 Å². The molecule has 2 rings (SSSR count). The van der Waals surface area contributed by atoms with E-state index in [4.69, 9.17) is 5.11 Å². The number of para-hydroxylation sites is 1. The summed E-state index contributed by atoms with van der Waals surface area (Å²) in [5.74, 6) is -2.45. The van der Waals surface area contributed by atoms with Crippen LogP contribution in [0.25, 0.3) is 0 Å². The van der Waals surface area contributed by atoms with E-state index in [0.717, 1.165) is 6.07 Å². The molecule has 0 unspecified atom stereocenters. The van der Waals surface area contributed by atoms with E-state index in [9.17, 15) is 19.8 Å². The average Bonchev–Trinajstić information content (AvgIpc) is 2.41. The van der Waals surface area contributed by atoms with Crippen LogP contribution in [0.4, 0.5) is 5.69 Å². The molecule has 6 nitrogen and oxygen atoms in total.